The van der Waals surface area contributed by atoms with Crippen LogP contribution in [-0.4, -0.2) is 17.0 Å². The third-order valence-corrected chi connectivity index (χ3v) is 2.23. The second kappa shape index (κ2) is 5.82. The molecule has 0 heterocycles. The van der Waals surface area contributed by atoms with E-state index < -0.39 is 11.9 Å². The summed E-state index contributed by atoms with van der Waals surface area (Å²) >= 11 is 3.20. The van der Waals surface area contributed by atoms with Crippen LogP contribution in [0.1, 0.15) is 5.56 Å². The van der Waals surface area contributed by atoms with E-state index in [9.17, 15) is 9.59 Å². The Bertz CT molecular complexity index is 532. The average Bonchev–Trinajstić information content (AvgIpc) is 2.28. The van der Waals surface area contributed by atoms with Crippen molar-refractivity contribution in [2.75, 3.05) is 5.32 Å². The zero-order valence-electron chi connectivity index (χ0n) is 8.48. The monoisotopic (exact) mass is 294 g/mol. The van der Waals surface area contributed by atoms with Crippen molar-refractivity contribution in [1.29, 1.82) is 5.26 Å². The number of nitrogens with zero attached hydrogens (tertiary/aromatic N) is 1. The predicted molar refractivity (Wildman–Crippen MR) is 64.3 cm³/mol. The molecule has 0 spiro atoms. The minimum atomic E-state index is -1.21. The van der Waals surface area contributed by atoms with Crippen LogP contribution in [0.5, 0.6) is 0 Å². The fraction of sp³-hybridized carbons (Fsp3) is 0. The molecule has 0 saturated heterocycles. The van der Waals surface area contributed by atoms with Gasteiger partial charge < -0.3 is 10.4 Å². The minimum Gasteiger partial charge on any atom is -0.478 e. The van der Waals surface area contributed by atoms with Gasteiger partial charge in [0.1, 0.15) is 6.07 Å². The lowest BCUT2D eigenvalue weighted by molar-refractivity contribution is -0.131. The van der Waals surface area contributed by atoms with Gasteiger partial charge in [0.2, 0.25) is 5.91 Å². The summed E-state index contributed by atoms with van der Waals surface area (Å²) in [4.78, 5) is 21.5. The van der Waals surface area contributed by atoms with E-state index >= 15 is 0 Å². The molecular weight excluding hydrogens is 288 g/mol. The topological polar surface area (TPSA) is 90.2 Å². The zero-order chi connectivity index (χ0) is 12.8. The van der Waals surface area contributed by atoms with Crippen LogP contribution in [0.25, 0.3) is 0 Å². The van der Waals surface area contributed by atoms with Crippen molar-refractivity contribution in [1.82, 2.24) is 0 Å². The van der Waals surface area contributed by atoms with Crippen molar-refractivity contribution in [3.8, 4) is 6.07 Å². The first-order chi connectivity index (χ1) is 8.02. The van der Waals surface area contributed by atoms with Crippen molar-refractivity contribution < 1.29 is 14.7 Å². The van der Waals surface area contributed by atoms with Crippen LogP contribution >= 0.6 is 15.9 Å². The largest absolute Gasteiger partial charge is 0.478 e. The number of halogens is 1. The van der Waals surface area contributed by atoms with Crippen molar-refractivity contribution in [2.45, 2.75) is 0 Å². The molecule has 5 nitrogen and oxygen atoms in total. The van der Waals surface area contributed by atoms with Gasteiger partial charge in [-0.25, -0.2) is 4.79 Å². The summed E-state index contributed by atoms with van der Waals surface area (Å²) in [7, 11) is 0. The molecule has 0 aliphatic rings. The highest BCUT2D eigenvalue weighted by Gasteiger charge is 2.05. The normalized spacial score (nSPS) is 9.88. The number of hydrogen-bond acceptors (Lipinski definition) is 3. The number of carbonyl (C=O) groups is 2. The van der Waals surface area contributed by atoms with Crippen LogP contribution < -0.4 is 5.32 Å². The molecule has 0 aromatic heterocycles. The molecule has 0 aliphatic carbocycles. The van der Waals surface area contributed by atoms with Gasteiger partial charge in [-0.15, -0.1) is 0 Å². The highest BCUT2D eigenvalue weighted by molar-refractivity contribution is 9.10. The molecule has 1 amide bonds. The fourth-order valence-electron chi connectivity index (χ4n) is 1.04. The molecule has 2 N–H and O–H groups in total. The molecule has 0 atom stereocenters. The predicted octanol–water partition coefficient (Wildman–Crippen LogP) is 1.90. The number of amides is 1. The Labute approximate surface area is 105 Å². The molecule has 1 aromatic carbocycles. The Kier molecular flexibility index (Phi) is 4.43. The lowest BCUT2D eigenvalue weighted by Gasteiger charge is -2.04. The van der Waals surface area contributed by atoms with Crippen LogP contribution in [0.15, 0.2) is 34.8 Å². The molecule has 1 rings (SSSR count). The second-order valence-electron chi connectivity index (χ2n) is 2.96. The molecule has 1 aromatic rings. The van der Waals surface area contributed by atoms with Crippen LogP contribution in [0.3, 0.4) is 0 Å². The molecule has 0 bridgehead atoms. The van der Waals surface area contributed by atoms with Crippen LogP contribution in [-0.2, 0) is 9.59 Å². The summed E-state index contributed by atoms with van der Waals surface area (Å²) < 4.78 is 0.716. The highest BCUT2D eigenvalue weighted by Crippen LogP contribution is 2.20. The van der Waals surface area contributed by atoms with Gasteiger partial charge in [-0.2, -0.15) is 5.26 Å². The first-order valence-electron chi connectivity index (χ1n) is 4.44. The number of aliphatic carboxylic acids is 1. The standard InChI is InChI=1S/C11H7BrN2O3/c12-8-1-2-9(7(5-8)6-13)14-10(15)3-4-11(16)17/h1-5H,(H,14,15)(H,16,17)/b4-3+. The molecule has 0 saturated carbocycles. The molecule has 0 radical (unpaired) electrons. The van der Waals surface area contributed by atoms with E-state index in [1.807, 2.05) is 6.07 Å². The maximum atomic E-state index is 11.3. The van der Waals surface area contributed by atoms with Crippen LogP contribution in [0, 0.1) is 11.3 Å². The van der Waals surface area contributed by atoms with Gasteiger partial charge in [0.25, 0.3) is 0 Å². The number of nitrogens with one attached hydrogen (secondary N) is 1. The van der Waals surface area contributed by atoms with Gasteiger partial charge in [0.05, 0.1) is 11.3 Å². The molecule has 0 unspecified atom stereocenters. The average molecular weight is 295 g/mol. The maximum absolute atomic E-state index is 11.3. The summed E-state index contributed by atoms with van der Waals surface area (Å²) in [6, 6.07) is 6.69. The summed E-state index contributed by atoms with van der Waals surface area (Å²) in [5.74, 6) is -1.82. The quantitative estimate of drug-likeness (QED) is 0.833. The molecule has 86 valence electrons. The number of anilines is 1. The van der Waals surface area contributed by atoms with E-state index in [1.165, 1.54) is 0 Å². The number of benzene rings is 1. The summed E-state index contributed by atoms with van der Waals surface area (Å²) in [5.41, 5.74) is 0.618. The van der Waals surface area contributed by atoms with Gasteiger partial charge in [0.15, 0.2) is 0 Å². The summed E-state index contributed by atoms with van der Waals surface area (Å²) in [6.45, 7) is 0. The maximum Gasteiger partial charge on any atom is 0.328 e. The van der Waals surface area contributed by atoms with Gasteiger partial charge in [-0.1, -0.05) is 15.9 Å². The lowest BCUT2D eigenvalue weighted by atomic mass is 10.2. The first-order valence-corrected chi connectivity index (χ1v) is 5.24. The Morgan fingerprint density at radius 3 is 2.71 bits per heavy atom. The molecular formula is C11H7BrN2O3. The van der Waals surface area contributed by atoms with Crippen LogP contribution in [0.4, 0.5) is 5.69 Å². The number of carboxylic acid groups (broad SMARTS) is 1. The zero-order valence-corrected chi connectivity index (χ0v) is 10.1. The smallest absolute Gasteiger partial charge is 0.328 e. The van der Waals surface area contributed by atoms with Crippen molar-refractivity contribution in [3.63, 3.8) is 0 Å². The Hall–Kier alpha value is -2.13. The molecule has 0 fully saturated rings. The van der Waals surface area contributed by atoms with Gasteiger partial charge in [-0.3, -0.25) is 4.79 Å². The number of nitriles is 1. The van der Waals surface area contributed by atoms with E-state index in [2.05, 4.69) is 21.2 Å². The molecule has 0 aliphatic heterocycles. The number of rotatable bonds is 3. The minimum absolute atomic E-state index is 0.288. The number of carboxylic acids is 1. The van der Waals surface area contributed by atoms with E-state index in [4.69, 9.17) is 10.4 Å². The van der Waals surface area contributed by atoms with E-state index in [0.29, 0.717) is 10.2 Å². The highest BCUT2D eigenvalue weighted by atomic mass is 79.9. The third kappa shape index (κ3) is 4.09. The van der Waals surface area contributed by atoms with Crippen molar-refractivity contribution in [2.24, 2.45) is 0 Å². The Balaban J connectivity index is 2.86. The number of carbonyl (C=O) groups excluding carboxylic acids is 1. The van der Waals surface area contributed by atoms with Crippen LogP contribution in [0.2, 0.25) is 0 Å². The van der Waals surface area contributed by atoms with E-state index in [-0.39, 0.29) is 5.56 Å². The van der Waals surface area contributed by atoms with Crippen molar-refractivity contribution in [3.05, 3.63) is 40.4 Å². The molecule has 17 heavy (non-hydrogen) atoms. The van der Waals surface area contributed by atoms with E-state index in [1.54, 1.807) is 18.2 Å². The fourth-order valence-corrected chi connectivity index (χ4v) is 1.40. The van der Waals surface area contributed by atoms with Gasteiger partial charge >= 0.3 is 5.97 Å². The van der Waals surface area contributed by atoms with Crippen molar-refractivity contribution >= 4 is 33.5 Å². The van der Waals surface area contributed by atoms with Gasteiger partial charge in [0, 0.05) is 16.6 Å². The second-order valence-corrected chi connectivity index (χ2v) is 3.88. The first kappa shape index (κ1) is 12.9. The third-order valence-electron chi connectivity index (χ3n) is 1.74. The molecule has 6 heteroatoms. The van der Waals surface area contributed by atoms with Gasteiger partial charge in [-0.05, 0) is 18.2 Å². The number of hydrogen-bond donors (Lipinski definition) is 2. The summed E-state index contributed by atoms with van der Waals surface area (Å²) in [5, 5.41) is 19.6. The Morgan fingerprint density at radius 1 is 1.41 bits per heavy atom. The summed E-state index contributed by atoms with van der Waals surface area (Å²) in [6.07, 6.45) is 1.60. The Morgan fingerprint density at radius 2 is 2.12 bits per heavy atom. The lowest BCUT2D eigenvalue weighted by Crippen LogP contribution is -2.09. The van der Waals surface area contributed by atoms with E-state index in [0.717, 1.165) is 12.2 Å². The SMILES string of the molecule is N#Cc1cc(Br)ccc1NC(=O)/C=C/C(=O)O.